The molecular formula is C17H25ClN2O. The van der Waals surface area contributed by atoms with Crippen molar-refractivity contribution in [3.8, 4) is 5.75 Å². The first-order valence-electron chi connectivity index (χ1n) is 7.91. The van der Waals surface area contributed by atoms with Gasteiger partial charge in [-0.15, -0.1) is 11.6 Å². The van der Waals surface area contributed by atoms with E-state index in [4.69, 9.17) is 21.3 Å². The molecule has 0 saturated heterocycles. The Morgan fingerprint density at radius 2 is 1.95 bits per heavy atom. The smallest absolute Gasteiger partial charge is 0.147 e. The van der Waals surface area contributed by atoms with Gasteiger partial charge in [0, 0.05) is 6.04 Å². The van der Waals surface area contributed by atoms with E-state index in [1.54, 1.807) is 0 Å². The molecule has 0 amide bonds. The van der Waals surface area contributed by atoms with Gasteiger partial charge in [0.15, 0.2) is 0 Å². The quantitative estimate of drug-likeness (QED) is 0.633. The summed E-state index contributed by atoms with van der Waals surface area (Å²) in [6, 6.07) is 6.57. The number of para-hydroxylation sites is 1. The number of halogens is 1. The Labute approximate surface area is 132 Å². The summed E-state index contributed by atoms with van der Waals surface area (Å²) in [5, 5.41) is -0.114. The van der Waals surface area contributed by atoms with Crippen molar-refractivity contribution in [1.29, 1.82) is 0 Å². The fraction of sp³-hybridized carbons (Fsp3) is 0.588. The molecule has 2 rings (SSSR count). The molecule has 0 N–H and O–H groups in total. The second-order valence-electron chi connectivity index (χ2n) is 5.40. The fourth-order valence-electron chi connectivity index (χ4n) is 2.76. The zero-order chi connectivity index (χ0) is 15.4. The van der Waals surface area contributed by atoms with Crippen molar-refractivity contribution in [1.82, 2.24) is 9.55 Å². The number of alkyl halides is 1. The standard InChI is InChI=1S/C17H25ClN2O/c1-5-11-21-15-10-8-9-14-16(15)19-17(12(4)18)20(14)13(6-2)7-3/h8-10,12-13H,5-7,11H2,1-4H3. The van der Waals surface area contributed by atoms with Crippen LogP contribution in [-0.2, 0) is 0 Å². The number of hydrogen-bond donors (Lipinski definition) is 0. The molecule has 1 aromatic carbocycles. The number of rotatable bonds is 7. The van der Waals surface area contributed by atoms with Gasteiger partial charge in [0.05, 0.1) is 17.5 Å². The molecule has 116 valence electrons. The van der Waals surface area contributed by atoms with Gasteiger partial charge in [-0.3, -0.25) is 0 Å². The molecule has 0 fully saturated rings. The summed E-state index contributed by atoms with van der Waals surface area (Å²) in [6.07, 6.45) is 3.12. The Morgan fingerprint density at radius 1 is 1.24 bits per heavy atom. The average Bonchev–Trinajstić information content (AvgIpc) is 2.87. The highest BCUT2D eigenvalue weighted by Gasteiger charge is 2.21. The summed E-state index contributed by atoms with van der Waals surface area (Å²) in [4.78, 5) is 4.79. The summed E-state index contributed by atoms with van der Waals surface area (Å²) in [7, 11) is 0. The van der Waals surface area contributed by atoms with Crippen LogP contribution in [0.5, 0.6) is 5.75 Å². The maximum absolute atomic E-state index is 6.37. The summed E-state index contributed by atoms with van der Waals surface area (Å²) in [5.41, 5.74) is 2.06. The van der Waals surface area contributed by atoms with E-state index in [2.05, 4.69) is 31.4 Å². The molecule has 0 aliphatic heterocycles. The zero-order valence-electron chi connectivity index (χ0n) is 13.4. The van der Waals surface area contributed by atoms with E-state index in [9.17, 15) is 0 Å². The lowest BCUT2D eigenvalue weighted by atomic mass is 10.1. The van der Waals surface area contributed by atoms with Crippen LogP contribution in [0.15, 0.2) is 18.2 Å². The number of fused-ring (bicyclic) bond motifs is 1. The summed E-state index contributed by atoms with van der Waals surface area (Å²) in [5.74, 6) is 1.80. The predicted molar refractivity (Wildman–Crippen MR) is 89.4 cm³/mol. The number of ether oxygens (including phenoxy) is 1. The van der Waals surface area contributed by atoms with Crippen LogP contribution in [-0.4, -0.2) is 16.2 Å². The molecule has 3 nitrogen and oxygen atoms in total. The minimum Gasteiger partial charge on any atom is -0.491 e. The Bertz CT molecular complexity index is 588. The van der Waals surface area contributed by atoms with E-state index in [0.29, 0.717) is 12.6 Å². The average molecular weight is 309 g/mol. The highest BCUT2D eigenvalue weighted by molar-refractivity contribution is 6.20. The second kappa shape index (κ2) is 7.17. The highest BCUT2D eigenvalue weighted by atomic mass is 35.5. The molecule has 1 heterocycles. The van der Waals surface area contributed by atoms with Gasteiger partial charge in [-0.1, -0.05) is 26.8 Å². The predicted octanol–water partition coefficient (Wildman–Crippen LogP) is 5.49. The van der Waals surface area contributed by atoms with E-state index < -0.39 is 0 Å². The molecule has 4 heteroatoms. The minimum atomic E-state index is -0.114. The van der Waals surface area contributed by atoms with Crippen molar-refractivity contribution in [2.24, 2.45) is 0 Å². The molecule has 0 aliphatic rings. The molecule has 1 aromatic heterocycles. The van der Waals surface area contributed by atoms with Crippen LogP contribution in [0.4, 0.5) is 0 Å². The molecule has 0 radical (unpaired) electrons. The Kier molecular flexibility index (Phi) is 5.51. The lowest BCUT2D eigenvalue weighted by molar-refractivity contribution is 0.320. The molecular weight excluding hydrogens is 284 g/mol. The van der Waals surface area contributed by atoms with Crippen molar-refractivity contribution >= 4 is 22.6 Å². The van der Waals surface area contributed by atoms with Gasteiger partial charge in [0.1, 0.15) is 17.1 Å². The van der Waals surface area contributed by atoms with Gasteiger partial charge in [-0.2, -0.15) is 0 Å². The number of benzene rings is 1. The number of aromatic nitrogens is 2. The number of hydrogen-bond acceptors (Lipinski definition) is 2. The third-order valence-corrected chi connectivity index (χ3v) is 4.03. The minimum absolute atomic E-state index is 0.114. The molecule has 2 aromatic rings. The van der Waals surface area contributed by atoms with Crippen LogP contribution in [0, 0.1) is 0 Å². The van der Waals surface area contributed by atoms with Gasteiger partial charge >= 0.3 is 0 Å². The van der Waals surface area contributed by atoms with Gasteiger partial charge in [-0.25, -0.2) is 4.98 Å². The first-order chi connectivity index (χ1) is 10.1. The first kappa shape index (κ1) is 16.2. The van der Waals surface area contributed by atoms with E-state index >= 15 is 0 Å². The van der Waals surface area contributed by atoms with Gasteiger partial charge < -0.3 is 9.30 Å². The zero-order valence-corrected chi connectivity index (χ0v) is 14.2. The number of nitrogens with zero attached hydrogens (tertiary/aromatic N) is 2. The first-order valence-corrected chi connectivity index (χ1v) is 8.35. The van der Waals surface area contributed by atoms with Crippen LogP contribution in [0.1, 0.15) is 64.2 Å². The highest BCUT2D eigenvalue weighted by Crippen LogP contribution is 2.34. The monoisotopic (exact) mass is 308 g/mol. The van der Waals surface area contributed by atoms with Gasteiger partial charge in [0.25, 0.3) is 0 Å². The van der Waals surface area contributed by atoms with Crippen LogP contribution in [0.25, 0.3) is 11.0 Å². The molecule has 0 spiro atoms. The summed E-state index contributed by atoms with van der Waals surface area (Å²) < 4.78 is 8.14. The fourth-order valence-corrected chi connectivity index (χ4v) is 2.91. The maximum atomic E-state index is 6.37. The lowest BCUT2D eigenvalue weighted by Gasteiger charge is -2.19. The van der Waals surface area contributed by atoms with Crippen molar-refractivity contribution in [2.75, 3.05) is 6.61 Å². The van der Waals surface area contributed by atoms with E-state index in [0.717, 1.165) is 41.9 Å². The third-order valence-electron chi connectivity index (χ3n) is 3.84. The SMILES string of the molecule is CCCOc1cccc2c1nc(C(C)Cl)n2C(CC)CC. The van der Waals surface area contributed by atoms with Crippen molar-refractivity contribution in [2.45, 2.75) is 58.4 Å². The molecule has 1 unspecified atom stereocenters. The summed E-state index contributed by atoms with van der Waals surface area (Å²) in [6.45, 7) is 9.21. The Balaban J connectivity index is 2.62. The van der Waals surface area contributed by atoms with E-state index in [1.807, 2.05) is 19.1 Å². The van der Waals surface area contributed by atoms with E-state index in [1.165, 1.54) is 0 Å². The Morgan fingerprint density at radius 3 is 2.52 bits per heavy atom. The summed E-state index contributed by atoms with van der Waals surface area (Å²) >= 11 is 6.37. The molecule has 0 aliphatic carbocycles. The molecule has 1 atom stereocenters. The van der Waals surface area contributed by atoms with Crippen molar-refractivity contribution < 1.29 is 4.74 Å². The van der Waals surface area contributed by atoms with Gasteiger partial charge in [0.2, 0.25) is 0 Å². The number of imidazole rings is 1. The lowest BCUT2D eigenvalue weighted by Crippen LogP contribution is -2.11. The van der Waals surface area contributed by atoms with Crippen LogP contribution < -0.4 is 4.74 Å². The normalized spacial score (nSPS) is 13.0. The largest absolute Gasteiger partial charge is 0.491 e. The van der Waals surface area contributed by atoms with Crippen molar-refractivity contribution in [3.63, 3.8) is 0 Å². The van der Waals surface area contributed by atoms with Crippen LogP contribution in [0.2, 0.25) is 0 Å². The van der Waals surface area contributed by atoms with Crippen molar-refractivity contribution in [3.05, 3.63) is 24.0 Å². The molecule has 21 heavy (non-hydrogen) atoms. The molecule has 0 bridgehead atoms. The van der Waals surface area contributed by atoms with Crippen LogP contribution in [0.3, 0.4) is 0 Å². The van der Waals surface area contributed by atoms with E-state index in [-0.39, 0.29) is 5.38 Å². The molecule has 0 saturated carbocycles. The second-order valence-corrected chi connectivity index (χ2v) is 6.05. The Hall–Kier alpha value is -1.22. The van der Waals surface area contributed by atoms with Crippen LogP contribution >= 0.6 is 11.6 Å². The topological polar surface area (TPSA) is 27.1 Å². The van der Waals surface area contributed by atoms with Gasteiger partial charge in [-0.05, 0) is 38.3 Å². The third kappa shape index (κ3) is 3.18. The maximum Gasteiger partial charge on any atom is 0.147 e.